The average Bonchev–Trinajstić information content (AvgIpc) is 2.61. The lowest BCUT2D eigenvalue weighted by atomic mass is 10.0. The van der Waals surface area contributed by atoms with Gasteiger partial charge < -0.3 is 16.2 Å². The predicted molar refractivity (Wildman–Crippen MR) is 96.1 cm³/mol. The fraction of sp³-hybridized carbons (Fsp3) is 0.0556. The number of benzene rings is 1. The maximum atomic E-state index is 5.81. The SMILES string of the molecule is COc1ccc2c(-c3ccncc3)nc(N=C(N)/C=C\N)cc2c1. The van der Waals surface area contributed by atoms with Gasteiger partial charge >= 0.3 is 0 Å². The van der Waals surface area contributed by atoms with Crippen LogP contribution in [0.25, 0.3) is 22.0 Å². The van der Waals surface area contributed by atoms with Crippen molar-refractivity contribution < 1.29 is 4.74 Å². The number of ether oxygens (including phenoxy) is 1. The second kappa shape index (κ2) is 6.78. The van der Waals surface area contributed by atoms with E-state index in [4.69, 9.17) is 16.2 Å². The van der Waals surface area contributed by atoms with Crippen LogP contribution in [0.5, 0.6) is 5.75 Å². The summed E-state index contributed by atoms with van der Waals surface area (Å²) in [5.41, 5.74) is 12.9. The smallest absolute Gasteiger partial charge is 0.155 e. The Bertz CT molecular complexity index is 919. The van der Waals surface area contributed by atoms with E-state index in [1.807, 2.05) is 36.4 Å². The summed E-state index contributed by atoms with van der Waals surface area (Å²) >= 11 is 0. The highest BCUT2D eigenvalue weighted by atomic mass is 16.5. The molecule has 120 valence electrons. The molecule has 0 fully saturated rings. The van der Waals surface area contributed by atoms with Crippen LogP contribution in [0.1, 0.15) is 0 Å². The van der Waals surface area contributed by atoms with Crippen molar-refractivity contribution in [3.63, 3.8) is 0 Å². The highest BCUT2D eigenvalue weighted by Gasteiger charge is 2.09. The molecule has 1 aromatic carbocycles. The third-order valence-electron chi connectivity index (χ3n) is 3.49. The summed E-state index contributed by atoms with van der Waals surface area (Å²) in [6, 6.07) is 11.5. The zero-order valence-electron chi connectivity index (χ0n) is 13.2. The number of methoxy groups -OCH3 is 1. The number of hydrogen-bond acceptors (Lipinski definition) is 5. The molecule has 3 rings (SSSR count). The van der Waals surface area contributed by atoms with E-state index >= 15 is 0 Å². The van der Waals surface area contributed by atoms with Gasteiger partial charge in [0, 0.05) is 23.3 Å². The summed E-state index contributed by atoms with van der Waals surface area (Å²) in [4.78, 5) is 13.0. The standard InChI is InChI=1S/C18H17N5O/c1-24-14-2-3-15-13(10-14)11-17(22-16(20)4-7-19)23-18(15)12-5-8-21-9-6-12/h2-11H,19H2,1H3,(H2,20,22,23)/b7-4-. The molecule has 0 aliphatic heterocycles. The van der Waals surface area contributed by atoms with E-state index in [2.05, 4.69) is 15.0 Å². The highest BCUT2D eigenvalue weighted by Crippen LogP contribution is 2.32. The molecular formula is C18H17N5O. The maximum absolute atomic E-state index is 5.81. The van der Waals surface area contributed by atoms with Gasteiger partial charge in [-0.3, -0.25) is 4.98 Å². The van der Waals surface area contributed by atoms with Crippen LogP contribution in [-0.4, -0.2) is 22.9 Å². The molecule has 6 heteroatoms. The molecule has 2 heterocycles. The molecule has 6 nitrogen and oxygen atoms in total. The van der Waals surface area contributed by atoms with Gasteiger partial charge in [-0.1, -0.05) is 0 Å². The quantitative estimate of drug-likeness (QED) is 0.569. The first-order valence-corrected chi connectivity index (χ1v) is 7.33. The molecule has 0 spiro atoms. The van der Waals surface area contributed by atoms with Gasteiger partial charge in [0.1, 0.15) is 11.6 Å². The Kier molecular flexibility index (Phi) is 4.38. The number of rotatable bonds is 4. The van der Waals surface area contributed by atoms with E-state index in [1.165, 1.54) is 12.3 Å². The van der Waals surface area contributed by atoms with E-state index in [-0.39, 0.29) is 5.84 Å². The summed E-state index contributed by atoms with van der Waals surface area (Å²) in [7, 11) is 1.63. The molecule has 0 aliphatic rings. The summed E-state index contributed by atoms with van der Waals surface area (Å²) in [5.74, 6) is 1.55. The molecule has 0 aliphatic carbocycles. The first-order chi connectivity index (χ1) is 11.7. The van der Waals surface area contributed by atoms with E-state index in [1.54, 1.807) is 19.5 Å². The molecule has 24 heavy (non-hydrogen) atoms. The van der Waals surface area contributed by atoms with Gasteiger partial charge in [0.05, 0.1) is 12.8 Å². The Morgan fingerprint density at radius 1 is 1.17 bits per heavy atom. The molecule has 3 aromatic rings. The number of aliphatic imine (C=N–C) groups is 1. The summed E-state index contributed by atoms with van der Waals surface area (Å²) in [6.45, 7) is 0. The zero-order valence-corrected chi connectivity index (χ0v) is 13.2. The normalized spacial score (nSPS) is 12.0. The molecule has 0 saturated heterocycles. The lowest BCUT2D eigenvalue weighted by Gasteiger charge is -2.09. The van der Waals surface area contributed by atoms with Gasteiger partial charge in [-0.05, 0) is 54.1 Å². The van der Waals surface area contributed by atoms with Crippen LogP contribution in [-0.2, 0) is 0 Å². The van der Waals surface area contributed by atoms with Gasteiger partial charge in [0.2, 0.25) is 0 Å². The summed E-state index contributed by atoms with van der Waals surface area (Å²) in [6.07, 6.45) is 6.32. The number of amidine groups is 1. The van der Waals surface area contributed by atoms with Crippen molar-refractivity contribution in [2.45, 2.75) is 0 Å². The lowest BCUT2D eigenvalue weighted by Crippen LogP contribution is -2.07. The van der Waals surface area contributed by atoms with Gasteiger partial charge in [-0.2, -0.15) is 0 Å². The van der Waals surface area contributed by atoms with Crippen LogP contribution in [0.15, 0.2) is 66.1 Å². The van der Waals surface area contributed by atoms with E-state index < -0.39 is 0 Å². The molecule has 4 N–H and O–H groups in total. The number of fused-ring (bicyclic) bond motifs is 1. The number of hydrogen-bond donors (Lipinski definition) is 2. The average molecular weight is 319 g/mol. The Morgan fingerprint density at radius 2 is 1.96 bits per heavy atom. The first-order valence-electron chi connectivity index (χ1n) is 7.33. The fourth-order valence-corrected chi connectivity index (χ4v) is 2.40. The molecule has 0 amide bonds. The third kappa shape index (κ3) is 3.17. The summed E-state index contributed by atoms with van der Waals surface area (Å²) < 4.78 is 5.31. The molecule has 0 radical (unpaired) electrons. The van der Waals surface area contributed by atoms with Crippen molar-refractivity contribution in [3.8, 4) is 17.0 Å². The molecular weight excluding hydrogens is 302 g/mol. The lowest BCUT2D eigenvalue weighted by molar-refractivity contribution is 0.415. The second-order valence-corrected chi connectivity index (χ2v) is 5.05. The van der Waals surface area contributed by atoms with Crippen molar-refractivity contribution in [1.29, 1.82) is 0 Å². The minimum Gasteiger partial charge on any atom is -0.497 e. The summed E-state index contributed by atoms with van der Waals surface area (Å²) in [5, 5.41) is 1.95. The minimum atomic E-state index is 0.285. The largest absolute Gasteiger partial charge is 0.497 e. The first kappa shape index (κ1) is 15.5. The molecule has 0 bridgehead atoms. The van der Waals surface area contributed by atoms with E-state index in [9.17, 15) is 0 Å². The van der Waals surface area contributed by atoms with E-state index in [0.29, 0.717) is 5.82 Å². The monoisotopic (exact) mass is 319 g/mol. The Hall–Kier alpha value is -3.41. The van der Waals surface area contributed by atoms with Crippen LogP contribution in [0.3, 0.4) is 0 Å². The Labute approximate surface area is 139 Å². The zero-order chi connectivity index (χ0) is 16.9. The van der Waals surface area contributed by atoms with Crippen molar-refractivity contribution >= 4 is 22.4 Å². The van der Waals surface area contributed by atoms with Crippen LogP contribution in [0, 0.1) is 0 Å². The van der Waals surface area contributed by atoms with Gasteiger partial charge in [0.15, 0.2) is 5.82 Å². The number of nitrogens with two attached hydrogens (primary N) is 2. The Balaban J connectivity index is 2.26. The van der Waals surface area contributed by atoms with Crippen LogP contribution in [0.2, 0.25) is 0 Å². The van der Waals surface area contributed by atoms with Crippen molar-refractivity contribution in [3.05, 3.63) is 61.1 Å². The third-order valence-corrected chi connectivity index (χ3v) is 3.49. The van der Waals surface area contributed by atoms with Crippen molar-refractivity contribution in [2.24, 2.45) is 16.5 Å². The second-order valence-electron chi connectivity index (χ2n) is 5.05. The van der Waals surface area contributed by atoms with Crippen molar-refractivity contribution in [2.75, 3.05) is 7.11 Å². The molecule has 0 unspecified atom stereocenters. The number of nitrogens with zero attached hydrogens (tertiary/aromatic N) is 3. The molecule has 0 saturated carbocycles. The predicted octanol–water partition coefficient (Wildman–Crippen LogP) is 2.77. The fourth-order valence-electron chi connectivity index (χ4n) is 2.40. The van der Waals surface area contributed by atoms with Crippen molar-refractivity contribution in [1.82, 2.24) is 9.97 Å². The topological polar surface area (TPSA) is 99.4 Å². The van der Waals surface area contributed by atoms with Gasteiger partial charge in [0.25, 0.3) is 0 Å². The number of aromatic nitrogens is 2. The molecule has 2 aromatic heterocycles. The maximum Gasteiger partial charge on any atom is 0.155 e. The van der Waals surface area contributed by atoms with Gasteiger partial charge in [-0.15, -0.1) is 0 Å². The van der Waals surface area contributed by atoms with Crippen LogP contribution in [0.4, 0.5) is 5.82 Å². The Morgan fingerprint density at radius 3 is 2.67 bits per heavy atom. The van der Waals surface area contributed by atoms with E-state index in [0.717, 1.165) is 27.8 Å². The minimum absolute atomic E-state index is 0.285. The van der Waals surface area contributed by atoms with Crippen LogP contribution < -0.4 is 16.2 Å². The molecule has 0 atom stereocenters. The van der Waals surface area contributed by atoms with Gasteiger partial charge in [-0.25, -0.2) is 9.98 Å². The van der Waals surface area contributed by atoms with Crippen LogP contribution >= 0.6 is 0 Å². The highest BCUT2D eigenvalue weighted by molar-refractivity contribution is 5.98. The number of pyridine rings is 2.